The third-order valence-electron chi connectivity index (χ3n) is 3.09. The first kappa shape index (κ1) is 12.5. The minimum Gasteiger partial charge on any atom is -0.299 e. The van der Waals surface area contributed by atoms with E-state index in [-0.39, 0.29) is 0 Å². The molecule has 0 radical (unpaired) electrons. The predicted molar refractivity (Wildman–Crippen MR) is 74.7 cm³/mol. The fourth-order valence-corrected chi connectivity index (χ4v) is 4.71. The summed E-state index contributed by atoms with van der Waals surface area (Å²) >= 11 is 3.99. The van der Waals surface area contributed by atoms with Crippen molar-refractivity contribution >= 4 is 23.1 Å². The molecule has 0 fully saturated rings. The summed E-state index contributed by atoms with van der Waals surface area (Å²) in [4.78, 5) is 5.84. The Hall–Kier alpha value is 0.01000. The van der Waals surface area contributed by atoms with E-state index in [2.05, 4.69) is 42.0 Å². The average Bonchev–Trinajstić information content (AvgIpc) is 2.75. The molecule has 16 heavy (non-hydrogen) atoms. The van der Waals surface area contributed by atoms with Crippen LogP contribution in [-0.4, -0.2) is 29.8 Å². The molecule has 0 amide bonds. The molecule has 3 heteroatoms. The molecule has 1 nitrogen and oxygen atoms in total. The van der Waals surface area contributed by atoms with Crippen molar-refractivity contribution in [2.75, 3.05) is 18.8 Å². The quantitative estimate of drug-likeness (QED) is 0.785. The van der Waals surface area contributed by atoms with E-state index >= 15 is 0 Å². The van der Waals surface area contributed by atoms with Gasteiger partial charge in [0.2, 0.25) is 0 Å². The molecule has 0 aliphatic carbocycles. The Balaban J connectivity index is 2.00. The van der Waals surface area contributed by atoms with Crippen molar-refractivity contribution in [2.45, 2.75) is 44.0 Å². The Morgan fingerprint density at radius 2 is 2.06 bits per heavy atom. The molecule has 0 saturated heterocycles. The molecular weight excluding hydrogens is 234 g/mol. The molecular formula is C13H21NS2. The molecule has 1 aliphatic rings. The lowest BCUT2D eigenvalue weighted by Crippen LogP contribution is -2.40. The van der Waals surface area contributed by atoms with Gasteiger partial charge in [0.15, 0.2) is 0 Å². The molecule has 1 aliphatic heterocycles. The summed E-state index contributed by atoms with van der Waals surface area (Å²) in [6.45, 7) is 7.10. The number of hydrogen-bond donors (Lipinski definition) is 0. The third kappa shape index (κ3) is 2.82. The normalized spacial score (nSPS) is 20.1. The van der Waals surface area contributed by atoms with Gasteiger partial charge in [-0.1, -0.05) is 13.8 Å². The van der Waals surface area contributed by atoms with Crippen LogP contribution < -0.4 is 0 Å². The molecule has 1 unspecified atom stereocenters. The molecule has 1 aromatic rings. The number of rotatable bonds is 5. The van der Waals surface area contributed by atoms with Crippen LogP contribution in [0.3, 0.4) is 0 Å². The second-order valence-electron chi connectivity index (χ2n) is 4.41. The molecule has 2 heterocycles. The van der Waals surface area contributed by atoms with Crippen LogP contribution in [0.4, 0.5) is 0 Å². The Morgan fingerprint density at radius 3 is 2.75 bits per heavy atom. The van der Waals surface area contributed by atoms with Crippen LogP contribution in [0.15, 0.2) is 16.3 Å². The Labute approximate surface area is 107 Å². The highest BCUT2D eigenvalue weighted by atomic mass is 32.2. The summed E-state index contributed by atoms with van der Waals surface area (Å²) in [5.41, 5.74) is 0. The van der Waals surface area contributed by atoms with Crippen LogP contribution in [0.5, 0.6) is 0 Å². The Morgan fingerprint density at radius 1 is 1.31 bits per heavy atom. The number of hydrogen-bond acceptors (Lipinski definition) is 3. The number of nitrogens with zero attached hydrogens (tertiary/aromatic N) is 1. The molecule has 1 atom stereocenters. The largest absolute Gasteiger partial charge is 0.299 e. The van der Waals surface area contributed by atoms with Crippen LogP contribution in [0, 0.1) is 0 Å². The second-order valence-corrected chi connectivity index (χ2v) is 6.48. The molecule has 90 valence electrons. The van der Waals surface area contributed by atoms with Gasteiger partial charge in [-0.2, -0.15) is 0 Å². The van der Waals surface area contributed by atoms with Crippen LogP contribution >= 0.6 is 23.1 Å². The van der Waals surface area contributed by atoms with Gasteiger partial charge >= 0.3 is 0 Å². The van der Waals surface area contributed by atoms with E-state index < -0.39 is 0 Å². The molecule has 2 rings (SSSR count). The summed E-state index contributed by atoms with van der Waals surface area (Å²) in [7, 11) is 0. The van der Waals surface area contributed by atoms with Crippen LogP contribution in [0.1, 0.15) is 31.6 Å². The molecule has 0 N–H and O–H groups in total. The first-order valence-corrected chi connectivity index (χ1v) is 8.14. The van der Waals surface area contributed by atoms with Crippen molar-refractivity contribution in [3.8, 4) is 0 Å². The van der Waals surface area contributed by atoms with Gasteiger partial charge in [-0.25, -0.2) is 0 Å². The van der Waals surface area contributed by atoms with Crippen molar-refractivity contribution in [3.63, 3.8) is 0 Å². The van der Waals surface area contributed by atoms with Gasteiger partial charge in [0.05, 0.1) is 0 Å². The van der Waals surface area contributed by atoms with Crippen LogP contribution in [-0.2, 0) is 6.42 Å². The third-order valence-corrected chi connectivity index (χ3v) is 5.41. The van der Waals surface area contributed by atoms with E-state index in [1.807, 2.05) is 11.3 Å². The van der Waals surface area contributed by atoms with E-state index in [0.29, 0.717) is 0 Å². The predicted octanol–water partition coefficient (Wildman–Crippen LogP) is 3.89. The molecule has 0 aromatic carbocycles. The molecule has 0 saturated carbocycles. The number of fused-ring (bicyclic) bond motifs is 1. The van der Waals surface area contributed by atoms with Gasteiger partial charge in [0.25, 0.3) is 0 Å². The zero-order valence-corrected chi connectivity index (χ0v) is 11.9. The highest BCUT2D eigenvalue weighted by Crippen LogP contribution is 2.35. The maximum Gasteiger partial charge on any atom is 0.0238 e. The summed E-state index contributed by atoms with van der Waals surface area (Å²) < 4.78 is 0. The average molecular weight is 255 g/mol. The van der Waals surface area contributed by atoms with E-state index in [0.717, 1.165) is 6.04 Å². The maximum atomic E-state index is 2.69. The lowest BCUT2D eigenvalue weighted by Gasteiger charge is -2.33. The summed E-state index contributed by atoms with van der Waals surface area (Å²) in [5, 5.41) is 2.24. The maximum absolute atomic E-state index is 2.69. The van der Waals surface area contributed by atoms with Crippen molar-refractivity contribution < 1.29 is 0 Å². The zero-order chi connectivity index (χ0) is 11.4. The van der Waals surface area contributed by atoms with Gasteiger partial charge in [0, 0.05) is 21.6 Å². The van der Waals surface area contributed by atoms with Crippen molar-refractivity contribution in [3.05, 3.63) is 16.3 Å². The van der Waals surface area contributed by atoms with E-state index in [1.165, 1.54) is 43.0 Å². The molecule has 0 bridgehead atoms. The van der Waals surface area contributed by atoms with Crippen LogP contribution in [0.25, 0.3) is 0 Å². The number of thiophene rings is 1. The van der Waals surface area contributed by atoms with Crippen molar-refractivity contribution in [1.82, 2.24) is 4.90 Å². The first-order chi connectivity index (χ1) is 7.85. The van der Waals surface area contributed by atoms with Gasteiger partial charge in [0.1, 0.15) is 0 Å². The zero-order valence-electron chi connectivity index (χ0n) is 10.2. The van der Waals surface area contributed by atoms with Crippen molar-refractivity contribution in [2.24, 2.45) is 0 Å². The SMILES string of the molecule is CCCN(CCC)C1CSc2ccsc2C1. The number of thioether (sulfide) groups is 1. The Bertz CT molecular complexity index is 315. The summed E-state index contributed by atoms with van der Waals surface area (Å²) in [5.74, 6) is 1.28. The minimum atomic E-state index is 0.774. The smallest absolute Gasteiger partial charge is 0.0238 e. The lowest BCUT2D eigenvalue weighted by atomic mass is 10.1. The summed E-state index contributed by atoms with van der Waals surface area (Å²) in [6.07, 6.45) is 3.83. The topological polar surface area (TPSA) is 3.24 Å². The second kappa shape index (κ2) is 6.08. The standard InChI is InChI=1S/C13H21NS2/c1-3-6-14(7-4-2)11-9-13-12(16-10-11)5-8-15-13/h5,8,11H,3-4,6-7,9-10H2,1-2H3. The van der Waals surface area contributed by atoms with Crippen LogP contribution in [0.2, 0.25) is 0 Å². The minimum absolute atomic E-state index is 0.774. The van der Waals surface area contributed by atoms with Gasteiger partial charge < -0.3 is 0 Å². The van der Waals surface area contributed by atoms with E-state index in [4.69, 9.17) is 0 Å². The van der Waals surface area contributed by atoms with Crippen molar-refractivity contribution in [1.29, 1.82) is 0 Å². The fraction of sp³-hybridized carbons (Fsp3) is 0.692. The van der Waals surface area contributed by atoms with Gasteiger partial charge in [-0.05, 0) is 43.8 Å². The van der Waals surface area contributed by atoms with E-state index in [9.17, 15) is 0 Å². The fourth-order valence-electron chi connectivity index (χ4n) is 2.35. The Kier molecular flexibility index (Phi) is 4.74. The highest BCUT2D eigenvalue weighted by Gasteiger charge is 2.24. The lowest BCUT2D eigenvalue weighted by molar-refractivity contribution is 0.210. The van der Waals surface area contributed by atoms with E-state index in [1.54, 1.807) is 4.88 Å². The monoisotopic (exact) mass is 255 g/mol. The van der Waals surface area contributed by atoms with Gasteiger partial charge in [-0.15, -0.1) is 23.1 Å². The first-order valence-electron chi connectivity index (χ1n) is 6.28. The highest BCUT2D eigenvalue weighted by molar-refractivity contribution is 7.99. The molecule has 1 aromatic heterocycles. The molecule has 0 spiro atoms. The summed E-state index contributed by atoms with van der Waals surface area (Å²) in [6, 6.07) is 3.06. The van der Waals surface area contributed by atoms with Gasteiger partial charge in [-0.3, -0.25) is 4.90 Å².